The third kappa shape index (κ3) is 2.61. The highest BCUT2D eigenvalue weighted by atomic mass is 19.3. The number of halogens is 2. The lowest BCUT2D eigenvalue weighted by molar-refractivity contribution is -0.174. The fraction of sp³-hybridized carbons (Fsp3) is 0.211. The Kier molecular flexibility index (Phi) is 4.20. The maximum atomic E-state index is 14.5. The molecule has 0 aliphatic carbocycles. The molecule has 3 aromatic carbocycles. The van der Waals surface area contributed by atoms with Gasteiger partial charge in [-0.2, -0.15) is 8.78 Å². The zero-order valence-corrected chi connectivity index (χ0v) is 13.1. The Morgan fingerprint density at radius 1 is 1.08 bits per heavy atom. The van der Waals surface area contributed by atoms with Crippen LogP contribution in [0.3, 0.4) is 0 Å². The number of hydrogen-bond donors (Lipinski definition) is 1. The Hall–Kier alpha value is -2.53. The second kappa shape index (κ2) is 6.17. The molecule has 0 aliphatic rings. The number of alkyl halides is 2. The van der Waals surface area contributed by atoms with E-state index in [1.54, 1.807) is 24.3 Å². The summed E-state index contributed by atoms with van der Waals surface area (Å²) >= 11 is 0. The molecule has 0 unspecified atom stereocenters. The Balaban J connectivity index is 2.28. The minimum Gasteiger partial charge on any atom is -0.462 e. The average molecular weight is 329 g/mol. The lowest BCUT2D eigenvalue weighted by atomic mass is 9.90. The first kappa shape index (κ1) is 16.3. The highest BCUT2D eigenvalue weighted by Crippen LogP contribution is 2.39. The predicted molar refractivity (Wildman–Crippen MR) is 90.0 cm³/mol. The van der Waals surface area contributed by atoms with Crippen LogP contribution in [0, 0.1) is 0 Å². The molecule has 3 nitrogen and oxygen atoms in total. The first-order valence-electron chi connectivity index (χ1n) is 7.67. The third-order valence-corrected chi connectivity index (χ3v) is 4.06. The van der Waals surface area contributed by atoms with Gasteiger partial charge in [0, 0.05) is 0 Å². The highest BCUT2D eigenvalue weighted by molar-refractivity contribution is 6.03. The van der Waals surface area contributed by atoms with Gasteiger partial charge in [-0.3, -0.25) is 0 Å². The SMILES string of the molecule is CCOC(=O)C(F)(F)[C@H](N)c1c2ccccc2cc2ccccc12. The summed E-state index contributed by atoms with van der Waals surface area (Å²) in [6.45, 7) is 1.35. The first-order valence-corrected chi connectivity index (χ1v) is 7.67. The molecule has 0 heterocycles. The van der Waals surface area contributed by atoms with Crippen LogP contribution >= 0.6 is 0 Å². The van der Waals surface area contributed by atoms with E-state index in [9.17, 15) is 13.6 Å². The second-order valence-corrected chi connectivity index (χ2v) is 5.55. The minimum atomic E-state index is -3.82. The summed E-state index contributed by atoms with van der Waals surface area (Å²) in [5.74, 6) is -5.42. The van der Waals surface area contributed by atoms with Crippen molar-refractivity contribution in [1.29, 1.82) is 0 Å². The highest BCUT2D eigenvalue weighted by Gasteiger charge is 2.48. The molecule has 24 heavy (non-hydrogen) atoms. The smallest absolute Gasteiger partial charge is 0.379 e. The third-order valence-electron chi connectivity index (χ3n) is 4.06. The molecular weight excluding hydrogens is 312 g/mol. The Labute approximate surface area is 138 Å². The van der Waals surface area contributed by atoms with Crippen molar-refractivity contribution in [3.05, 3.63) is 60.2 Å². The normalized spacial score (nSPS) is 13.2. The van der Waals surface area contributed by atoms with E-state index in [1.807, 2.05) is 30.3 Å². The average Bonchev–Trinajstić information content (AvgIpc) is 2.59. The van der Waals surface area contributed by atoms with Crippen molar-refractivity contribution in [3.63, 3.8) is 0 Å². The number of hydrogen-bond acceptors (Lipinski definition) is 3. The van der Waals surface area contributed by atoms with Crippen LogP contribution in [-0.4, -0.2) is 18.5 Å². The zero-order chi connectivity index (χ0) is 17.3. The quantitative estimate of drug-likeness (QED) is 0.577. The number of benzene rings is 3. The van der Waals surface area contributed by atoms with Gasteiger partial charge >= 0.3 is 11.9 Å². The largest absolute Gasteiger partial charge is 0.462 e. The van der Waals surface area contributed by atoms with E-state index < -0.39 is 17.9 Å². The zero-order valence-electron chi connectivity index (χ0n) is 13.1. The number of carbonyl (C=O) groups excluding carboxylic acids is 1. The number of fused-ring (bicyclic) bond motifs is 2. The molecule has 0 fully saturated rings. The predicted octanol–water partition coefficient (Wildman–Crippen LogP) is 4.19. The van der Waals surface area contributed by atoms with Crippen LogP contribution in [0.4, 0.5) is 8.78 Å². The maximum Gasteiger partial charge on any atom is 0.379 e. The van der Waals surface area contributed by atoms with Crippen LogP contribution < -0.4 is 5.73 Å². The van der Waals surface area contributed by atoms with E-state index in [0.717, 1.165) is 10.8 Å². The molecule has 5 heteroatoms. The van der Waals surface area contributed by atoms with E-state index in [0.29, 0.717) is 10.8 Å². The van der Waals surface area contributed by atoms with Crippen LogP contribution in [0.15, 0.2) is 54.6 Å². The molecule has 3 rings (SSSR count). The summed E-state index contributed by atoms with van der Waals surface area (Å²) in [6.07, 6.45) is 0. The van der Waals surface area contributed by atoms with Crippen LogP contribution in [-0.2, 0) is 9.53 Å². The van der Waals surface area contributed by atoms with Crippen molar-refractivity contribution >= 4 is 27.5 Å². The molecule has 3 aromatic rings. The lowest BCUT2D eigenvalue weighted by Gasteiger charge is -2.24. The van der Waals surface area contributed by atoms with Crippen molar-refractivity contribution in [2.24, 2.45) is 5.73 Å². The van der Waals surface area contributed by atoms with E-state index in [2.05, 4.69) is 4.74 Å². The molecule has 0 aliphatic heterocycles. The van der Waals surface area contributed by atoms with Gasteiger partial charge in [-0.25, -0.2) is 4.79 Å². The van der Waals surface area contributed by atoms with Crippen molar-refractivity contribution in [2.75, 3.05) is 6.61 Å². The molecule has 124 valence electrons. The van der Waals surface area contributed by atoms with Crippen molar-refractivity contribution in [2.45, 2.75) is 18.9 Å². The fourth-order valence-electron chi connectivity index (χ4n) is 2.92. The summed E-state index contributed by atoms with van der Waals surface area (Å²) in [6, 6.07) is 14.4. The van der Waals surface area contributed by atoms with Crippen LogP contribution in [0.1, 0.15) is 18.5 Å². The van der Waals surface area contributed by atoms with Crippen LogP contribution in [0.25, 0.3) is 21.5 Å². The molecule has 0 saturated heterocycles. The van der Waals surface area contributed by atoms with Crippen molar-refractivity contribution in [3.8, 4) is 0 Å². The van der Waals surface area contributed by atoms with Crippen molar-refractivity contribution in [1.82, 2.24) is 0 Å². The Bertz CT molecular complexity index is 854. The van der Waals surface area contributed by atoms with Crippen molar-refractivity contribution < 1.29 is 18.3 Å². The molecule has 0 saturated carbocycles. The minimum absolute atomic E-state index is 0.128. The topological polar surface area (TPSA) is 52.3 Å². The summed E-state index contributed by atoms with van der Waals surface area (Å²) in [4.78, 5) is 11.7. The van der Waals surface area contributed by atoms with E-state index in [4.69, 9.17) is 5.73 Å². The summed E-state index contributed by atoms with van der Waals surface area (Å²) < 4.78 is 33.6. The molecule has 0 bridgehead atoms. The molecule has 1 atom stereocenters. The number of nitrogens with two attached hydrogens (primary N) is 1. The number of rotatable bonds is 4. The number of esters is 1. The van der Waals surface area contributed by atoms with Gasteiger partial charge in [0.2, 0.25) is 0 Å². The summed E-state index contributed by atoms with van der Waals surface area (Å²) in [7, 11) is 0. The Morgan fingerprint density at radius 3 is 2.08 bits per heavy atom. The van der Waals surface area contributed by atoms with Gasteiger partial charge in [-0.15, -0.1) is 0 Å². The van der Waals surface area contributed by atoms with Gasteiger partial charge in [-0.1, -0.05) is 48.5 Å². The maximum absolute atomic E-state index is 14.5. The molecule has 0 amide bonds. The van der Waals surface area contributed by atoms with Gasteiger partial charge in [0.25, 0.3) is 0 Å². The fourth-order valence-corrected chi connectivity index (χ4v) is 2.92. The van der Waals surface area contributed by atoms with Gasteiger partial charge in [0.1, 0.15) is 6.04 Å². The first-order chi connectivity index (χ1) is 11.5. The number of ether oxygens (including phenoxy) is 1. The van der Waals surface area contributed by atoms with Gasteiger partial charge < -0.3 is 10.5 Å². The van der Waals surface area contributed by atoms with Gasteiger partial charge in [-0.05, 0) is 40.1 Å². The van der Waals surface area contributed by atoms with E-state index in [1.165, 1.54) is 6.92 Å². The lowest BCUT2D eigenvalue weighted by Crippen LogP contribution is -2.42. The molecule has 0 aromatic heterocycles. The molecule has 0 radical (unpaired) electrons. The second-order valence-electron chi connectivity index (χ2n) is 5.55. The van der Waals surface area contributed by atoms with Gasteiger partial charge in [0.15, 0.2) is 0 Å². The number of carbonyl (C=O) groups is 1. The Morgan fingerprint density at radius 2 is 1.58 bits per heavy atom. The molecular formula is C19H17F2NO2. The van der Waals surface area contributed by atoms with E-state index in [-0.39, 0.29) is 12.2 Å². The van der Waals surface area contributed by atoms with E-state index >= 15 is 0 Å². The van der Waals surface area contributed by atoms with Crippen LogP contribution in [0.5, 0.6) is 0 Å². The van der Waals surface area contributed by atoms with Crippen LogP contribution in [0.2, 0.25) is 0 Å². The molecule has 0 spiro atoms. The standard InChI is InChI=1S/C19H17F2NO2/c1-2-24-18(23)19(20,21)17(22)16-14-9-5-3-7-12(14)11-13-8-4-6-10-15(13)16/h3-11,17H,2,22H2,1H3/t17-/m1/s1. The summed E-state index contributed by atoms with van der Waals surface area (Å²) in [5.41, 5.74) is 6.14. The van der Waals surface area contributed by atoms with Gasteiger partial charge in [0.05, 0.1) is 6.61 Å². The monoisotopic (exact) mass is 329 g/mol. The summed E-state index contributed by atoms with van der Waals surface area (Å²) in [5, 5.41) is 2.79. The molecule has 2 N–H and O–H groups in total.